The lowest BCUT2D eigenvalue weighted by Crippen LogP contribution is -2.44. The normalized spacial score (nSPS) is 21.3. The number of para-hydroxylation sites is 2. The molecule has 2 aliphatic carbocycles. The quantitative estimate of drug-likeness (QED) is 0.0774. The number of nitrogens with one attached hydrogen (secondary N) is 2. The first-order valence-electron chi connectivity index (χ1n) is 18.7. The standard InChI is InChI=1S/C43H45N3O8/c1-46(21-6-22-52-28-14-11-26(12-15-28)24-44-25-36(48)29-17-19-35(47)40-30(29)18-20-39(49)45-40)34-23-27-13-16-31(34)41(27)54-42(50)43(51)32-7-2-4-9-37(32)53-38-10-5-3-8-33(38)43/h2-5,7-12,14-15,17-20,27,31,34,36,41,44,47-48,51H,6,13,16,21-25H2,1H3,(H,45,49)/t27?,31?,34?,36-,41?/m0/s1. The number of aromatic nitrogens is 1. The van der Waals surface area contributed by atoms with E-state index in [1.807, 2.05) is 36.4 Å². The summed E-state index contributed by atoms with van der Waals surface area (Å²) in [5, 5.41) is 36.9. The third-order valence-corrected chi connectivity index (χ3v) is 11.5. The molecule has 2 fully saturated rings. The summed E-state index contributed by atoms with van der Waals surface area (Å²) in [6.45, 7) is 2.24. The second-order valence-electron chi connectivity index (χ2n) is 14.7. The van der Waals surface area contributed by atoms with Gasteiger partial charge in [-0.3, -0.25) is 4.79 Å². The lowest BCUT2D eigenvalue weighted by atomic mass is 9.83. The van der Waals surface area contributed by atoms with E-state index in [2.05, 4.69) is 22.2 Å². The van der Waals surface area contributed by atoms with E-state index in [1.165, 1.54) is 12.1 Å². The first kappa shape index (κ1) is 35.8. The molecule has 8 rings (SSSR count). The molecule has 54 heavy (non-hydrogen) atoms. The van der Waals surface area contributed by atoms with Crippen LogP contribution in [0.25, 0.3) is 10.9 Å². The van der Waals surface area contributed by atoms with E-state index in [0.29, 0.717) is 52.2 Å². The zero-order valence-electron chi connectivity index (χ0n) is 30.1. The van der Waals surface area contributed by atoms with E-state index >= 15 is 0 Å². The molecule has 0 spiro atoms. The topological polar surface area (TPSA) is 154 Å². The van der Waals surface area contributed by atoms with Crippen molar-refractivity contribution in [1.29, 1.82) is 0 Å². The Bertz CT molecular complexity index is 2160. The van der Waals surface area contributed by atoms with Crippen molar-refractivity contribution in [2.24, 2.45) is 11.8 Å². The number of nitrogens with zero attached hydrogens (tertiary/aromatic N) is 1. The molecule has 0 radical (unpaired) electrons. The number of carbonyl (C=O) groups excluding carboxylic acids is 1. The number of phenols is 1. The highest BCUT2D eigenvalue weighted by Gasteiger charge is 2.55. The zero-order chi connectivity index (χ0) is 37.4. The Labute approximate surface area is 313 Å². The number of hydrogen-bond acceptors (Lipinski definition) is 10. The molecule has 5 atom stereocenters. The maximum Gasteiger partial charge on any atom is 0.348 e. The molecular formula is C43H45N3O8. The van der Waals surface area contributed by atoms with Crippen LogP contribution < -0.4 is 20.3 Å². The Morgan fingerprint density at radius 3 is 2.44 bits per heavy atom. The van der Waals surface area contributed by atoms with Gasteiger partial charge >= 0.3 is 5.97 Å². The summed E-state index contributed by atoms with van der Waals surface area (Å²) in [7, 11) is 2.13. The van der Waals surface area contributed by atoms with Gasteiger partial charge in [0.2, 0.25) is 11.2 Å². The number of aliphatic hydroxyl groups is 2. The van der Waals surface area contributed by atoms with Gasteiger partial charge in [-0.05, 0) is 86.2 Å². The second-order valence-corrected chi connectivity index (χ2v) is 14.7. The fourth-order valence-corrected chi connectivity index (χ4v) is 8.71. The molecular weight excluding hydrogens is 686 g/mol. The highest BCUT2D eigenvalue weighted by Crippen LogP contribution is 2.51. The first-order valence-corrected chi connectivity index (χ1v) is 18.7. The number of aromatic hydroxyl groups is 1. The average Bonchev–Trinajstić information content (AvgIpc) is 3.74. The van der Waals surface area contributed by atoms with Crippen molar-refractivity contribution in [3.8, 4) is 23.0 Å². The van der Waals surface area contributed by atoms with E-state index in [0.717, 1.165) is 43.5 Å². The number of benzene rings is 4. The van der Waals surface area contributed by atoms with Crippen LogP contribution in [-0.4, -0.2) is 70.1 Å². The Kier molecular flexibility index (Phi) is 9.89. The Morgan fingerprint density at radius 2 is 1.70 bits per heavy atom. The number of aromatic amines is 1. The fourth-order valence-electron chi connectivity index (χ4n) is 8.71. The minimum absolute atomic E-state index is 0.0397. The Hall–Kier alpha value is -5.20. The lowest BCUT2D eigenvalue weighted by Gasteiger charge is -2.35. The molecule has 2 heterocycles. The SMILES string of the molecule is CN(CCCOc1ccc(CNC[C@H](O)c2ccc(O)c3[nH]c(=O)ccc23)cc1)C1CC2CCC1C2OC(=O)C1(O)c2ccccc2Oc2ccccc21. The van der Waals surface area contributed by atoms with E-state index < -0.39 is 17.7 Å². The zero-order valence-corrected chi connectivity index (χ0v) is 30.1. The van der Waals surface area contributed by atoms with Crippen LogP contribution in [0.4, 0.5) is 0 Å². The molecule has 280 valence electrons. The first-order chi connectivity index (χ1) is 26.2. The van der Waals surface area contributed by atoms with Crippen molar-refractivity contribution in [2.75, 3.05) is 26.7 Å². The average molecular weight is 732 g/mol. The van der Waals surface area contributed by atoms with Crippen LogP contribution >= 0.6 is 0 Å². The predicted molar refractivity (Wildman–Crippen MR) is 203 cm³/mol. The van der Waals surface area contributed by atoms with E-state index in [-0.39, 0.29) is 41.8 Å². The minimum Gasteiger partial charge on any atom is -0.506 e. The van der Waals surface area contributed by atoms with Crippen molar-refractivity contribution in [3.63, 3.8) is 0 Å². The van der Waals surface area contributed by atoms with E-state index in [1.54, 1.807) is 48.5 Å². The Balaban J connectivity index is 0.800. The van der Waals surface area contributed by atoms with E-state index in [4.69, 9.17) is 14.2 Å². The van der Waals surface area contributed by atoms with Crippen LogP contribution in [0, 0.1) is 11.8 Å². The molecule has 2 saturated carbocycles. The number of phenolic OH excluding ortho intramolecular Hbond substituents is 1. The third kappa shape index (κ3) is 6.73. The molecule has 5 N–H and O–H groups in total. The number of hydrogen-bond donors (Lipinski definition) is 5. The van der Waals surface area contributed by atoms with Crippen molar-refractivity contribution < 1.29 is 34.3 Å². The lowest BCUT2D eigenvalue weighted by molar-refractivity contribution is -0.171. The summed E-state index contributed by atoms with van der Waals surface area (Å²) in [5.74, 6) is 1.46. The van der Waals surface area contributed by atoms with Crippen LogP contribution in [0.15, 0.2) is 102 Å². The Morgan fingerprint density at radius 1 is 0.981 bits per heavy atom. The molecule has 0 saturated heterocycles. The maximum atomic E-state index is 14.0. The molecule has 4 unspecified atom stereocenters. The van der Waals surface area contributed by atoms with Gasteiger partial charge in [0, 0.05) is 54.2 Å². The maximum absolute atomic E-state index is 14.0. The van der Waals surface area contributed by atoms with Crippen molar-refractivity contribution in [3.05, 3.63) is 130 Å². The molecule has 0 amide bonds. The number of fused-ring (bicyclic) bond motifs is 5. The number of H-pyrrole nitrogens is 1. The summed E-state index contributed by atoms with van der Waals surface area (Å²) in [5.41, 5.74) is 0.501. The van der Waals surface area contributed by atoms with Crippen molar-refractivity contribution in [2.45, 2.75) is 56.1 Å². The van der Waals surface area contributed by atoms with Gasteiger partial charge in [0.15, 0.2) is 0 Å². The summed E-state index contributed by atoms with van der Waals surface area (Å²) in [6, 6.07) is 28.5. The van der Waals surface area contributed by atoms with Gasteiger partial charge in [-0.15, -0.1) is 0 Å². The molecule has 1 aliphatic heterocycles. The highest BCUT2D eigenvalue weighted by atomic mass is 16.6. The monoisotopic (exact) mass is 731 g/mol. The number of esters is 1. The second kappa shape index (κ2) is 14.9. The van der Waals surface area contributed by atoms with Crippen LogP contribution in [0.5, 0.6) is 23.0 Å². The summed E-state index contributed by atoms with van der Waals surface area (Å²) in [6.07, 6.45) is 2.70. The summed E-state index contributed by atoms with van der Waals surface area (Å²) in [4.78, 5) is 30.7. The van der Waals surface area contributed by atoms with Gasteiger partial charge < -0.3 is 44.7 Å². The van der Waals surface area contributed by atoms with Gasteiger partial charge in [0.25, 0.3) is 0 Å². The fraction of sp³-hybridized carbons (Fsp3) is 0.349. The van der Waals surface area contributed by atoms with Crippen molar-refractivity contribution >= 4 is 16.9 Å². The smallest absolute Gasteiger partial charge is 0.348 e. The molecule has 3 aliphatic rings. The number of aliphatic hydroxyl groups excluding tert-OH is 1. The predicted octanol–water partition coefficient (Wildman–Crippen LogP) is 5.51. The number of carbonyl (C=O) groups is 1. The number of pyridine rings is 1. The highest BCUT2D eigenvalue weighted by molar-refractivity contribution is 5.89. The molecule has 2 bridgehead atoms. The minimum atomic E-state index is -1.95. The van der Waals surface area contributed by atoms with Gasteiger partial charge in [0.1, 0.15) is 29.1 Å². The molecule has 1 aromatic heterocycles. The van der Waals surface area contributed by atoms with Crippen LogP contribution in [0.1, 0.15) is 54.0 Å². The van der Waals surface area contributed by atoms with Gasteiger partial charge in [0.05, 0.1) is 18.2 Å². The molecule has 11 nitrogen and oxygen atoms in total. The number of ether oxygens (including phenoxy) is 3. The third-order valence-electron chi connectivity index (χ3n) is 11.5. The van der Waals surface area contributed by atoms with Gasteiger partial charge in [-0.25, -0.2) is 4.79 Å². The molecule has 5 aromatic rings. The summed E-state index contributed by atoms with van der Waals surface area (Å²) < 4.78 is 18.4. The largest absolute Gasteiger partial charge is 0.506 e. The van der Waals surface area contributed by atoms with Gasteiger partial charge in [-0.1, -0.05) is 54.6 Å². The molecule has 4 aromatic carbocycles. The van der Waals surface area contributed by atoms with Crippen LogP contribution in [0.3, 0.4) is 0 Å². The number of rotatable bonds is 13. The van der Waals surface area contributed by atoms with Crippen molar-refractivity contribution in [1.82, 2.24) is 15.2 Å². The molecule has 11 heteroatoms. The van der Waals surface area contributed by atoms with Crippen LogP contribution in [0.2, 0.25) is 0 Å². The summed E-state index contributed by atoms with van der Waals surface area (Å²) >= 11 is 0. The van der Waals surface area contributed by atoms with E-state index in [9.17, 15) is 24.9 Å². The van der Waals surface area contributed by atoms with Gasteiger partial charge in [-0.2, -0.15) is 0 Å². The van der Waals surface area contributed by atoms with Crippen LogP contribution in [-0.2, 0) is 21.7 Å².